The minimum Gasteiger partial charge on any atom is -0.349 e. The maximum absolute atomic E-state index is 11.9. The Hall–Kier alpha value is -1.02. The van der Waals surface area contributed by atoms with Crippen molar-refractivity contribution in [1.29, 1.82) is 0 Å². The second-order valence-corrected chi connectivity index (χ2v) is 5.25. The molecule has 92 valence electrons. The van der Waals surface area contributed by atoms with Gasteiger partial charge in [-0.2, -0.15) is 0 Å². The number of rotatable bonds is 4. The minimum atomic E-state index is -0.122. The Morgan fingerprint density at radius 3 is 2.47 bits per heavy atom. The number of nitrogens with one attached hydrogen (secondary N) is 1. The van der Waals surface area contributed by atoms with Gasteiger partial charge in [0.1, 0.15) is 0 Å². The lowest BCUT2D eigenvalue weighted by Crippen LogP contribution is -2.55. The van der Waals surface area contributed by atoms with Crippen LogP contribution in [-0.2, 0) is 11.2 Å². The van der Waals surface area contributed by atoms with Gasteiger partial charge in [-0.1, -0.05) is 29.8 Å². The van der Waals surface area contributed by atoms with Crippen molar-refractivity contribution in [2.75, 3.05) is 5.88 Å². The fourth-order valence-electron chi connectivity index (χ4n) is 2.13. The number of hydrogen-bond acceptors (Lipinski definition) is 1. The second-order valence-electron chi connectivity index (χ2n) is 4.98. The third-order valence-electron chi connectivity index (χ3n) is 3.46. The number of benzene rings is 1. The molecule has 0 bridgehead atoms. The predicted molar refractivity (Wildman–Crippen MR) is 70.3 cm³/mol. The summed E-state index contributed by atoms with van der Waals surface area (Å²) in [5.74, 6) is 0.598. The van der Waals surface area contributed by atoms with Gasteiger partial charge in [0.15, 0.2) is 0 Å². The van der Waals surface area contributed by atoms with E-state index in [9.17, 15) is 4.79 Å². The zero-order valence-corrected chi connectivity index (χ0v) is 10.9. The Balaban J connectivity index is 1.91. The lowest BCUT2D eigenvalue weighted by Gasteiger charge is -2.41. The quantitative estimate of drug-likeness (QED) is 0.820. The van der Waals surface area contributed by atoms with E-state index in [4.69, 9.17) is 11.6 Å². The molecule has 0 unspecified atom stereocenters. The number of carbonyl (C=O) groups is 1. The maximum atomic E-state index is 11.9. The van der Waals surface area contributed by atoms with Gasteiger partial charge in [0.25, 0.3) is 0 Å². The Kier molecular flexibility index (Phi) is 3.72. The van der Waals surface area contributed by atoms with Crippen LogP contribution in [0.2, 0.25) is 0 Å². The molecule has 1 amide bonds. The largest absolute Gasteiger partial charge is 0.349 e. The van der Waals surface area contributed by atoms with Crippen molar-refractivity contribution in [1.82, 2.24) is 5.32 Å². The van der Waals surface area contributed by atoms with Crippen molar-refractivity contribution in [2.24, 2.45) is 0 Å². The predicted octanol–water partition coefficient (Wildman–Crippen LogP) is 2.82. The first-order chi connectivity index (χ1) is 8.13. The van der Waals surface area contributed by atoms with E-state index in [-0.39, 0.29) is 11.4 Å². The Labute approximate surface area is 107 Å². The van der Waals surface area contributed by atoms with E-state index in [1.807, 2.05) is 31.2 Å². The first kappa shape index (κ1) is 12.4. The number of carbonyl (C=O) groups excluding carboxylic acids is 1. The van der Waals surface area contributed by atoms with Crippen molar-refractivity contribution < 1.29 is 4.79 Å². The summed E-state index contributed by atoms with van der Waals surface area (Å²) in [5, 5.41) is 3.07. The molecule has 3 heteroatoms. The molecule has 1 aliphatic carbocycles. The van der Waals surface area contributed by atoms with Gasteiger partial charge < -0.3 is 5.32 Å². The molecule has 1 saturated carbocycles. The number of hydrogen-bond donors (Lipinski definition) is 1. The Morgan fingerprint density at radius 2 is 2.00 bits per heavy atom. The molecule has 1 N–H and O–H groups in total. The molecule has 1 aliphatic rings. The van der Waals surface area contributed by atoms with Gasteiger partial charge in [0.2, 0.25) is 5.91 Å². The van der Waals surface area contributed by atoms with Crippen molar-refractivity contribution in [3.05, 3.63) is 35.4 Å². The van der Waals surface area contributed by atoms with Gasteiger partial charge in [0, 0.05) is 5.88 Å². The molecule has 17 heavy (non-hydrogen) atoms. The van der Waals surface area contributed by atoms with Crippen LogP contribution in [0.15, 0.2) is 24.3 Å². The molecule has 0 heterocycles. The van der Waals surface area contributed by atoms with Crippen molar-refractivity contribution >= 4 is 17.5 Å². The molecule has 1 fully saturated rings. The van der Waals surface area contributed by atoms with Crippen LogP contribution in [-0.4, -0.2) is 17.3 Å². The van der Waals surface area contributed by atoms with E-state index >= 15 is 0 Å². The summed E-state index contributed by atoms with van der Waals surface area (Å²) < 4.78 is 0. The Morgan fingerprint density at radius 1 is 1.35 bits per heavy atom. The highest BCUT2D eigenvalue weighted by atomic mass is 35.5. The van der Waals surface area contributed by atoms with Crippen molar-refractivity contribution in [2.45, 2.75) is 38.1 Å². The van der Waals surface area contributed by atoms with Crippen LogP contribution in [0.5, 0.6) is 0 Å². The smallest absolute Gasteiger partial charge is 0.224 e. The van der Waals surface area contributed by atoms with Crippen LogP contribution >= 0.6 is 11.6 Å². The Bertz CT molecular complexity index is 390. The maximum Gasteiger partial charge on any atom is 0.224 e. The lowest BCUT2D eigenvalue weighted by atomic mass is 9.78. The zero-order chi connectivity index (χ0) is 12.3. The molecule has 0 saturated heterocycles. The summed E-state index contributed by atoms with van der Waals surface area (Å²) in [5.41, 5.74) is 2.14. The van der Waals surface area contributed by atoms with E-state index in [2.05, 4.69) is 5.32 Å². The third kappa shape index (κ3) is 3.01. The van der Waals surface area contributed by atoms with Gasteiger partial charge in [-0.25, -0.2) is 0 Å². The number of aryl methyl sites for hydroxylation is 1. The van der Waals surface area contributed by atoms with Crippen LogP contribution in [0, 0.1) is 6.92 Å². The summed E-state index contributed by atoms with van der Waals surface area (Å²) in [6.07, 6.45) is 3.63. The number of halogens is 1. The molecule has 0 spiro atoms. The summed E-state index contributed by atoms with van der Waals surface area (Å²) in [6.45, 7) is 2.04. The van der Waals surface area contributed by atoms with Gasteiger partial charge >= 0.3 is 0 Å². The van der Waals surface area contributed by atoms with Crippen LogP contribution < -0.4 is 5.32 Å². The van der Waals surface area contributed by atoms with Crippen molar-refractivity contribution in [3.63, 3.8) is 0 Å². The highest BCUT2D eigenvalue weighted by Crippen LogP contribution is 2.32. The highest BCUT2D eigenvalue weighted by Gasteiger charge is 2.37. The highest BCUT2D eigenvalue weighted by molar-refractivity contribution is 6.18. The summed E-state index contributed by atoms with van der Waals surface area (Å²) in [6, 6.07) is 8.07. The first-order valence-corrected chi connectivity index (χ1v) is 6.60. The number of alkyl halides is 1. The minimum absolute atomic E-state index is 0.0780. The van der Waals surface area contributed by atoms with Gasteiger partial charge in [-0.05, 0) is 31.7 Å². The lowest BCUT2D eigenvalue weighted by molar-refractivity contribution is -0.123. The number of amides is 1. The fourth-order valence-corrected chi connectivity index (χ4v) is 2.46. The zero-order valence-electron chi connectivity index (χ0n) is 10.1. The molecular weight excluding hydrogens is 234 g/mol. The third-order valence-corrected chi connectivity index (χ3v) is 3.97. The van der Waals surface area contributed by atoms with Crippen LogP contribution in [0.25, 0.3) is 0 Å². The van der Waals surface area contributed by atoms with E-state index in [1.54, 1.807) is 0 Å². The van der Waals surface area contributed by atoms with E-state index in [0.717, 1.165) is 24.8 Å². The van der Waals surface area contributed by atoms with Crippen LogP contribution in [0.3, 0.4) is 0 Å². The SMILES string of the molecule is Cc1ccc(CC(=O)NC2(CCl)CCC2)cc1. The molecule has 0 aliphatic heterocycles. The van der Waals surface area contributed by atoms with Crippen LogP contribution in [0.1, 0.15) is 30.4 Å². The first-order valence-electron chi connectivity index (χ1n) is 6.06. The standard InChI is InChI=1S/C14H18ClNO/c1-11-3-5-12(6-4-11)9-13(17)16-14(10-15)7-2-8-14/h3-6H,2,7-10H2,1H3,(H,16,17). The topological polar surface area (TPSA) is 29.1 Å². The molecular formula is C14H18ClNO. The van der Waals surface area contributed by atoms with Crippen LogP contribution in [0.4, 0.5) is 0 Å². The van der Waals surface area contributed by atoms with Gasteiger partial charge in [-0.15, -0.1) is 11.6 Å². The monoisotopic (exact) mass is 251 g/mol. The van der Waals surface area contributed by atoms with E-state index < -0.39 is 0 Å². The van der Waals surface area contributed by atoms with Crippen molar-refractivity contribution in [3.8, 4) is 0 Å². The fraction of sp³-hybridized carbons (Fsp3) is 0.500. The molecule has 1 aromatic carbocycles. The molecule has 2 nitrogen and oxygen atoms in total. The van der Waals surface area contributed by atoms with E-state index in [1.165, 1.54) is 5.56 Å². The molecule has 0 atom stereocenters. The average Bonchev–Trinajstić information content (AvgIpc) is 2.27. The van der Waals surface area contributed by atoms with Gasteiger partial charge in [0.05, 0.1) is 12.0 Å². The average molecular weight is 252 g/mol. The van der Waals surface area contributed by atoms with E-state index in [0.29, 0.717) is 12.3 Å². The summed E-state index contributed by atoms with van der Waals surface area (Å²) >= 11 is 5.91. The molecule has 1 aromatic rings. The summed E-state index contributed by atoms with van der Waals surface area (Å²) in [7, 11) is 0. The normalized spacial score (nSPS) is 17.3. The molecule has 0 aromatic heterocycles. The second kappa shape index (κ2) is 5.09. The van der Waals surface area contributed by atoms with Gasteiger partial charge in [-0.3, -0.25) is 4.79 Å². The molecule has 2 rings (SSSR count). The molecule has 0 radical (unpaired) electrons. The summed E-state index contributed by atoms with van der Waals surface area (Å²) in [4.78, 5) is 11.9.